The molecular formula is C20H19ClF2N4O4. The van der Waals surface area contributed by atoms with E-state index in [1.165, 1.54) is 22.7 Å². The Kier molecular flexibility index (Phi) is 6.91. The molecule has 0 bridgehead atoms. The van der Waals surface area contributed by atoms with E-state index < -0.39 is 30.2 Å². The molecule has 8 nitrogen and oxygen atoms in total. The van der Waals surface area contributed by atoms with Gasteiger partial charge in [-0.05, 0) is 25.5 Å². The molecule has 0 aliphatic rings. The molecule has 0 spiro atoms. The van der Waals surface area contributed by atoms with E-state index in [1.54, 1.807) is 6.92 Å². The fourth-order valence-corrected chi connectivity index (χ4v) is 3.16. The molecule has 2 amide bonds. The summed E-state index contributed by atoms with van der Waals surface area (Å²) in [5.41, 5.74) is 0.629. The molecule has 0 aliphatic heterocycles. The lowest BCUT2D eigenvalue weighted by Gasteiger charge is -2.11. The summed E-state index contributed by atoms with van der Waals surface area (Å²) in [4.78, 5) is 27.4. The third kappa shape index (κ3) is 5.21. The van der Waals surface area contributed by atoms with Gasteiger partial charge in [0.1, 0.15) is 23.9 Å². The van der Waals surface area contributed by atoms with Gasteiger partial charge in [-0.15, -0.1) is 0 Å². The molecular weight excluding hydrogens is 434 g/mol. The molecule has 0 saturated carbocycles. The average molecular weight is 453 g/mol. The Morgan fingerprint density at radius 1 is 1.23 bits per heavy atom. The lowest BCUT2D eigenvalue weighted by atomic mass is 10.2. The normalized spacial score (nSPS) is 10.8. The predicted molar refractivity (Wildman–Crippen MR) is 109 cm³/mol. The van der Waals surface area contributed by atoms with Crippen LogP contribution in [0, 0.1) is 18.6 Å². The van der Waals surface area contributed by atoms with Crippen LogP contribution in [0.5, 0.6) is 5.75 Å². The Morgan fingerprint density at radius 3 is 2.58 bits per heavy atom. The van der Waals surface area contributed by atoms with Crippen LogP contribution in [-0.2, 0) is 6.61 Å². The van der Waals surface area contributed by atoms with Gasteiger partial charge in [0.15, 0.2) is 11.4 Å². The van der Waals surface area contributed by atoms with E-state index >= 15 is 0 Å². The van der Waals surface area contributed by atoms with Crippen LogP contribution in [0.25, 0.3) is 5.65 Å². The first-order chi connectivity index (χ1) is 14.8. The van der Waals surface area contributed by atoms with E-state index in [2.05, 4.69) is 15.6 Å². The van der Waals surface area contributed by atoms with E-state index in [0.29, 0.717) is 12.1 Å². The molecule has 31 heavy (non-hydrogen) atoms. The van der Waals surface area contributed by atoms with Crippen LogP contribution in [0.1, 0.15) is 28.2 Å². The van der Waals surface area contributed by atoms with Gasteiger partial charge in [-0.3, -0.25) is 9.20 Å². The topological polar surface area (TPSA) is 105 Å². The van der Waals surface area contributed by atoms with Crippen LogP contribution < -0.4 is 15.4 Å². The monoisotopic (exact) mass is 452 g/mol. The molecule has 3 rings (SSSR count). The molecule has 0 saturated heterocycles. The van der Waals surface area contributed by atoms with Gasteiger partial charge >= 0.3 is 6.09 Å². The largest absolute Gasteiger partial charge is 0.485 e. The highest BCUT2D eigenvalue weighted by atomic mass is 35.5. The van der Waals surface area contributed by atoms with Gasteiger partial charge in [-0.1, -0.05) is 17.7 Å². The molecule has 2 aromatic heterocycles. The van der Waals surface area contributed by atoms with Gasteiger partial charge in [0, 0.05) is 25.4 Å². The first-order valence-electron chi connectivity index (χ1n) is 9.26. The zero-order valence-electron chi connectivity index (χ0n) is 16.4. The van der Waals surface area contributed by atoms with Crippen molar-refractivity contribution < 1.29 is 28.2 Å². The third-order valence-corrected chi connectivity index (χ3v) is 4.60. The maximum absolute atomic E-state index is 13.9. The lowest BCUT2D eigenvalue weighted by Crippen LogP contribution is -2.30. The molecule has 1 aromatic carbocycles. The zero-order chi connectivity index (χ0) is 22.5. The molecule has 3 N–H and O–H groups in total. The fourth-order valence-electron chi connectivity index (χ4n) is 2.97. The smallest absolute Gasteiger partial charge is 0.404 e. The number of nitrogens with one attached hydrogen (secondary N) is 2. The van der Waals surface area contributed by atoms with Crippen LogP contribution in [0.15, 0.2) is 30.5 Å². The van der Waals surface area contributed by atoms with Crippen LogP contribution >= 0.6 is 11.6 Å². The predicted octanol–water partition coefficient (Wildman–Crippen LogP) is 3.54. The molecule has 0 unspecified atom stereocenters. The Bertz CT molecular complexity index is 1120. The average Bonchev–Trinajstić information content (AvgIpc) is 3.02. The number of fused-ring (bicyclic) bond motifs is 1. The number of carboxylic acid groups (broad SMARTS) is 1. The summed E-state index contributed by atoms with van der Waals surface area (Å²) in [6.07, 6.45) is 0.743. The van der Waals surface area contributed by atoms with Crippen molar-refractivity contribution in [1.29, 1.82) is 0 Å². The first-order valence-corrected chi connectivity index (χ1v) is 9.64. The van der Waals surface area contributed by atoms with Gasteiger partial charge in [-0.2, -0.15) is 0 Å². The minimum Gasteiger partial charge on any atom is -0.485 e. The van der Waals surface area contributed by atoms with E-state index in [1.807, 2.05) is 0 Å². The number of aromatic nitrogens is 2. The van der Waals surface area contributed by atoms with Gasteiger partial charge in [0.05, 0.1) is 16.3 Å². The minimum atomic E-state index is -1.14. The second kappa shape index (κ2) is 9.61. The lowest BCUT2D eigenvalue weighted by molar-refractivity contribution is 0.0947. The number of aryl methyl sites for hydroxylation is 1. The van der Waals surface area contributed by atoms with Crippen LogP contribution in [0.4, 0.5) is 13.6 Å². The van der Waals surface area contributed by atoms with Crippen molar-refractivity contribution in [3.63, 3.8) is 0 Å². The van der Waals surface area contributed by atoms with Crippen molar-refractivity contribution in [2.24, 2.45) is 0 Å². The molecule has 3 aromatic rings. The third-order valence-electron chi connectivity index (χ3n) is 4.39. The molecule has 2 heterocycles. The number of hydrogen-bond donors (Lipinski definition) is 3. The number of benzene rings is 1. The molecule has 164 valence electrons. The Hall–Kier alpha value is -3.40. The molecule has 0 atom stereocenters. The molecule has 0 aliphatic carbocycles. The summed E-state index contributed by atoms with van der Waals surface area (Å²) in [5, 5.41) is 13.7. The van der Waals surface area contributed by atoms with Crippen molar-refractivity contribution in [2.45, 2.75) is 20.0 Å². The Morgan fingerprint density at radius 2 is 1.90 bits per heavy atom. The van der Waals surface area contributed by atoms with Crippen molar-refractivity contribution in [1.82, 2.24) is 20.0 Å². The van der Waals surface area contributed by atoms with Gasteiger partial charge in [-0.25, -0.2) is 18.6 Å². The van der Waals surface area contributed by atoms with Crippen molar-refractivity contribution in [3.8, 4) is 5.75 Å². The molecule has 0 fully saturated rings. The number of amides is 2. The summed E-state index contributed by atoms with van der Waals surface area (Å²) in [7, 11) is 0. The van der Waals surface area contributed by atoms with E-state index in [4.69, 9.17) is 21.4 Å². The highest BCUT2D eigenvalue weighted by molar-refractivity contribution is 6.30. The number of imidazole rings is 1. The van der Waals surface area contributed by atoms with Gasteiger partial charge in [0.2, 0.25) is 0 Å². The number of rotatable bonds is 8. The van der Waals surface area contributed by atoms with Crippen molar-refractivity contribution in [3.05, 3.63) is 64.1 Å². The Labute approximate surface area is 180 Å². The van der Waals surface area contributed by atoms with E-state index in [0.717, 1.165) is 12.1 Å². The molecule has 11 heteroatoms. The highest BCUT2D eigenvalue weighted by Crippen LogP contribution is 2.28. The fraction of sp³-hybridized carbons (Fsp3) is 0.250. The van der Waals surface area contributed by atoms with E-state index in [-0.39, 0.29) is 40.8 Å². The zero-order valence-corrected chi connectivity index (χ0v) is 17.2. The highest BCUT2D eigenvalue weighted by Gasteiger charge is 2.20. The quantitative estimate of drug-likeness (QED) is 0.453. The summed E-state index contributed by atoms with van der Waals surface area (Å²) < 4.78 is 34.8. The number of carbonyl (C=O) groups is 2. The summed E-state index contributed by atoms with van der Waals surface area (Å²) in [5.74, 6) is -1.76. The molecule has 0 radical (unpaired) electrons. The number of pyridine rings is 1. The second-order valence-electron chi connectivity index (χ2n) is 6.59. The first kappa shape index (κ1) is 22.3. The standard InChI is InChI=1S/C20H19ClF2N4O4/c1-11-17(19(28)24-6-3-7-25-20(29)30)27-9-12(21)8-16(18(27)26-11)31-10-13-14(22)4-2-5-15(13)23/h2,4-5,8-9,25H,3,6-7,10H2,1H3,(H,24,28)(H,29,30). The SMILES string of the molecule is Cc1nc2c(OCc3c(F)cccc3F)cc(Cl)cn2c1C(=O)NCCCNC(=O)O. The van der Waals surface area contributed by atoms with E-state index in [9.17, 15) is 18.4 Å². The summed E-state index contributed by atoms with van der Waals surface area (Å²) >= 11 is 6.16. The van der Waals surface area contributed by atoms with Crippen molar-refractivity contribution in [2.75, 3.05) is 13.1 Å². The number of nitrogens with zero attached hydrogens (tertiary/aromatic N) is 2. The van der Waals surface area contributed by atoms with Crippen LogP contribution in [0.3, 0.4) is 0 Å². The Balaban J connectivity index is 1.81. The maximum Gasteiger partial charge on any atom is 0.404 e. The number of ether oxygens (including phenoxy) is 1. The van der Waals surface area contributed by atoms with Gasteiger partial charge in [0.25, 0.3) is 5.91 Å². The number of hydrogen-bond acceptors (Lipinski definition) is 4. The van der Waals surface area contributed by atoms with Crippen LogP contribution in [0.2, 0.25) is 5.02 Å². The maximum atomic E-state index is 13.9. The second-order valence-corrected chi connectivity index (χ2v) is 7.03. The van der Waals surface area contributed by atoms with Crippen LogP contribution in [-0.4, -0.2) is 39.6 Å². The number of halogens is 3. The summed E-state index contributed by atoms with van der Waals surface area (Å²) in [6.45, 7) is 1.67. The summed E-state index contributed by atoms with van der Waals surface area (Å²) in [6, 6.07) is 4.96. The number of carbonyl (C=O) groups excluding carboxylic acids is 1. The van der Waals surface area contributed by atoms with Gasteiger partial charge < -0.3 is 20.5 Å². The minimum absolute atomic E-state index is 0.156. The van der Waals surface area contributed by atoms with Crippen molar-refractivity contribution >= 4 is 29.2 Å².